The average molecular weight is 374 g/mol. The molecule has 0 aliphatic heterocycles. The van der Waals surface area contributed by atoms with Crippen molar-refractivity contribution in [3.8, 4) is 0 Å². The van der Waals surface area contributed by atoms with Gasteiger partial charge in [0.2, 0.25) is 0 Å². The van der Waals surface area contributed by atoms with E-state index >= 15 is 0 Å². The number of carbonyl (C=O) groups is 1. The summed E-state index contributed by atoms with van der Waals surface area (Å²) in [6, 6.07) is 15.5. The molecule has 0 bridgehead atoms. The number of nitrogens with one attached hydrogen (secondary N) is 1. The van der Waals surface area contributed by atoms with Crippen LogP contribution in [0.2, 0.25) is 0 Å². The number of esters is 1. The molecule has 0 saturated carbocycles. The molecule has 0 aromatic heterocycles. The fraction of sp³-hybridized carbons (Fsp3) is 0.211. The minimum atomic E-state index is -0.333. The Morgan fingerprint density at radius 1 is 1.13 bits per heavy atom. The molecule has 0 unspecified atom stereocenters. The number of methoxy groups -OCH3 is 1. The van der Waals surface area contributed by atoms with E-state index in [9.17, 15) is 4.79 Å². The van der Waals surface area contributed by atoms with Crippen LogP contribution in [-0.2, 0) is 4.74 Å². The highest BCUT2D eigenvalue weighted by Crippen LogP contribution is 2.24. The highest BCUT2D eigenvalue weighted by atomic mass is 79.9. The van der Waals surface area contributed by atoms with Crippen molar-refractivity contribution in [2.45, 2.75) is 6.42 Å². The summed E-state index contributed by atoms with van der Waals surface area (Å²) in [7, 11) is 1.38. The first-order chi connectivity index (χ1) is 11.2. The second-order valence-electron chi connectivity index (χ2n) is 5.10. The Kier molecular flexibility index (Phi) is 6.41. The van der Waals surface area contributed by atoms with Gasteiger partial charge in [0.15, 0.2) is 0 Å². The van der Waals surface area contributed by atoms with Gasteiger partial charge in [0.05, 0.1) is 12.7 Å². The number of rotatable bonds is 7. The van der Waals surface area contributed by atoms with Crippen LogP contribution in [-0.4, -0.2) is 25.0 Å². The second kappa shape index (κ2) is 8.53. The van der Waals surface area contributed by atoms with Gasteiger partial charge >= 0.3 is 5.97 Å². The summed E-state index contributed by atoms with van der Waals surface area (Å²) in [5.41, 5.74) is 4.57. The van der Waals surface area contributed by atoms with Crippen LogP contribution in [0.5, 0.6) is 0 Å². The highest BCUT2D eigenvalue weighted by molar-refractivity contribution is 9.09. The van der Waals surface area contributed by atoms with Gasteiger partial charge in [-0.25, -0.2) is 4.79 Å². The summed E-state index contributed by atoms with van der Waals surface area (Å²) in [6.45, 7) is 5.10. The van der Waals surface area contributed by atoms with Gasteiger partial charge in [-0.15, -0.1) is 0 Å². The smallest absolute Gasteiger partial charge is 0.337 e. The molecule has 0 atom stereocenters. The minimum absolute atomic E-state index is 0.333. The van der Waals surface area contributed by atoms with Crippen molar-refractivity contribution in [2.75, 3.05) is 24.3 Å². The van der Waals surface area contributed by atoms with E-state index in [0.717, 1.165) is 40.7 Å². The number of alkyl halides is 1. The van der Waals surface area contributed by atoms with Crippen LogP contribution in [0.4, 0.5) is 5.69 Å². The third kappa shape index (κ3) is 4.70. The summed E-state index contributed by atoms with van der Waals surface area (Å²) in [4.78, 5) is 11.5. The van der Waals surface area contributed by atoms with E-state index in [2.05, 4.69) is 33.9 Å². The summed E-state index contributed by atoms with van der Waals surface area (Å²) >= 11 is 3.43. The van der Waals surface area contributed by atoms with E-state index in [-0.39, 0.29) is 5.97 Å². The normalized spacial score (nSPS) is 10.2. The van der Waals surface area contributed by atoms with Crippen LogP contribution >= 0.6 is 15.9 Å². The van der Waals surface area contributed by atoms with Crippen molar-refractivity contribution < 1.29 is 9.53 Å². The van der Waals surface area contributed by atoms with Crippen LogP contribution in [0.25, 0.3) is 5.57 Å². The lowest BCUT2D eigenvalue weighted by Crippen LogP contribution is -2.02. The van der Waals surface area contributed by atoms with Gasteiger partial charge in [0, 0.05) is 17.6 Å². The maximum atomic E-state index is 11.5. The Morgan fingerprint density at radius 2 is 1.83 bits per heavy atom. The van der Waals surface area contributed by atoms with Gasteiger partial charge < -0.3 is 10.1 Å². The van der Waals surface area contributed by atoms with Crippen LogP contribution < -0.4 is 5.32 Å². The third-order valence-electron chi connectivity index (χ3n) is 3.51. The number of halogens is 1. The Bertz CT molecular complexity index is 680. The van der Waals surface area contributed by atoms with Crippen molar-refractivity contribution in [3.05, 3.63) is 71.8 Å². The molecule has 4 heteroatoms. The Hall–Kier alpha value is -2.07. The van der Waals surface area contributed by atoms with Crippen molar-refractivity contribution in [1.29, 1.82) is 0 Å². The van der Waals surface area contributed by atoms with Crippen LogP contribution in [0.1, 0.15) is 27.9 Å². The number of anilines is 1. The van der Waals surface area contributed by atoms with Gasteiger partial charge in [-0.2, -0.15) is 0 Å². The average Bonchev–Trinajstić information content (AvgIpc) is 2.61. The van der Waals surface area contributed by atoms with Crippen molar-refractivity contribution in [3.63, 3.8) is 0 Å². The number of hydrogen-bond donors (Lipinski definition) is 1. The molecule has 2 aromatic rings. The SMILES string of the molecule is C=C(c1ccc(C(=O)OC)cc1)c1cccc(NCCCBr)c1. The molecule has 0 heterocycles. The second-order valence-corrected chi connectivity index (χ2v) is 5.89. The largest absolute Gasteiger partial charge is 0.465 e. The molecule has 0 saturated heterocycles. The molecular formula is C19H20BrNO2. The maximum absolute atomic E-state index is 11.5. The zero-order valence-electron chi connectivity index (χ0n) is 13.1. The van der Waals surface area contributed by atoms with Crippen molar-refractivity contribution in [2.24, 2.45) is 0 Å². The Morgan fingerprint density at radius 3 is 2.48 bits per heavy atom. The molecule has 0 amide bonds. The standard InChI is InChI=1S/C19H20BrNO2/c1-14(15-7-9-16(10-8-15)19(22)23-2)17-5-3-6-18(13-17)21-12-4-11-20/h3,5-10,13,21H,1,4,11-12H2,2H3. The molecule has 2 aromatic carbocycles. The summed E-state index contributed by atoms with van der Waals surface area (Å²) in [5, 5.41) is 4.38. The molecule has 0 fully saturated rings. The molecule has 120 valence electrons. The van der Waals surface area contributed by atoms with E-state index in [1.54, 1.807) is 12.1 Å². The number of hydrogen-bond acceptors (Lipinski definition) is 3. The highest BCUT2D eigenvalue weighted by Gasteiger charge is 2.07. The lowest BCUT2D eigenvalue weighted by Gasteiger charge is -2.10. The fourth-order valence-corrected chi connectivity index (χ4v) is 2.49. The number of benzene rings is 2. The topological polar surface area (TPSA) is 38.3 Å². The molecular weight excluding hydrogens is 354 g/mol. The molecule has 0 aliphatic rings. The Labute approximate surface area is 145 Å². The predicted octanol–water partition coefficient (Wildman–Crippen LogP) is 4.73. The maximum Gasteiger partial charge on any atom is 0.337 e. The zero-order chi connectivity index (χ0) is 16.7. The molecule has 0 spiro atoms. The van der Waals surface area contributed by atoms with Gasteiger partial charge in [-0.05, 0) is 47.4 Å². The van der Waals surface area contributed by atoms with Gasteiger partial charge in [0.25, 0.3) is 0 Å². The monoisotopic (exact) mass is 373 g/mol. The van der Waals surface area contributed by atoms with Crippen LogP contribution in [0.15, 0.2) is 55.1 Å². The lowest BCUT2D eigenvalue weighted by atomic mass is 9.98. The van der Waals surface area contributed by atoms with Gasteiger partial charge in [-0.3, -0.25) is 0 Å². The predicted molar refractivity (Wildman–Crippen MR) is 99.3 cm³/mol. The summed E-state index contributed by atoms with van der Waals surface area (Å²) in [6.07, 6.45) is 1.07. The summed E-state index contributed by atoms with van der Waals surface area (Å²) in [5.74, 6) is -0.333. The van der Waals surface area contributed by atoms with Crippen LogP contribution in [0, 0.1) is 0 Å². The first-order valence-corrected chi connectivity index (χ1v) is 8.56. The first-order valence-electron chi connectivity index (χ1n) is 7.43. The van der Waals surface area contributed by atoms with E-state index in [1.807, 2.05) is 30.3 Å². The third-order valence-corrected chi connectivity index (χ3v) is 4.07. The lowest BCUT2D eigenvalue weighted by molar-refractivity contribution is 0.0600. The fourth-order valence-electron chi connectivity index (χ4n) is 2.21. The molecule has 3 nitrogen and oxygen atoms in total. The van der Waals surface area contributed by atoms with E-state index in [0.29, 0.717) is 5.56 Å². The quantitative estimate of drug-likeness (QED) is 0.433. The van der Waals surface area contributed by atoms with Gasteiger partial charge in [0.1, 0.15) is 0 Å². The van der Waals surface area contributed by atoms with E-state index in [4.69, 9.17) is 4.74 Å². The molecule has 1 N–H and O–H groups in total. The van der Waals surface area contributed by atoms with Crippen molar-refractivity contribution >= 4 is 33.2 Å². The molecule has 0 aliphatic carbocycles. The number of ether oxygens (including phenoxy) is 1. The molecule has 23 heavy (non-hydrogen) atoms. The van der Waals surface area contributed by atoms with Gasteiger partial charge in [-0.1, -0.05) is 46.8 Å². The zero-order valence-corrected chi connectivity index (χ0v) is 14.7. The molecule has 0 radical (unpaired) electrons. The molecule has 2 rings (SSSR count). The number of carbonyl (C=O) groups excluding carboxylic acids is 1. The Balaban J connectivity index is 2.13. The first kappa shape index (κ1) is 17.3. The minimum Gasteiger partial charge on any atom is -0.465 e. The van der Waals surface area contributed by atoms with E-state index in [1.165, 1.54) is 7.11 Å². The van der Waals surface area contributed by atoms with Crippen molar-refractivity contribution in [1.82, 2.24) is 0 Å². The van der Waals surface area contributed by atoms with E-state index < -0.39 is 0 Å². The summed E-state index contributed by atoms with van der Waals surface area (Å²) < 4.78 is 4.71. The van der Waals surface area contributed by atoms with Crippen LogP contribution in [0.3, 0.4) is 0 Å².